The number of rotatable bonds is 7. The Labute approximate surface area is 270 Å². The molecule has 1 amide bonds. The first-order chi connectivity index (χ1) is 19.7. The van der Waals surface area contributed by atoms with Crippen molar-refractivity contribution < 1.29 is 19.1 Å². The number of H-pyrrole nitrogens is 1. The molecule has 2 N–H and O–H groups in total. The number of hydrogen-bond acceptors (Lipinski definition) is 5. The molecule has 0 atom stereocenters. The van der Waals surface area contributed by atoms with Gasteiger partial charge in [0.25, 0.3) is 5.91 Å². The SMILES string of the molecule is COc1ccc(Cl)cc1C(=O)Oc1c(Br)cc(Br)cc1C=NNC(=O)c1[nH]c2ccc(I)cc2c1-c1ccccc1. The van der Waals surface area contributed by atoms with E-state index in [1.54, 1.807) is 24.3 Å². The van der Waals surface area contributed by atoms with Crippen LogP contribution in [-0.4, -0.2) is 30.2 Å². The smallest absolute Gasteiger partial charge is 0.347 e. The van der Waals surface area contributed by atoms with E-state index in [0.717, 1.165) is 25.6 Å². The van der Waals surface area contributed by atoms with Crippen LogP contribution in [0.15, 0.2) is 92.9 Å². The van der Waals surface area contributed by atoms with Crippen molar-refractivity contribution in [2.24, 2.45) is 5.10 Å². The molecule has 0 radical (unpaired) electrons. The lowest BCUT2D eigenvalue weighted by Gasteiger charge is -2.12. The summed E-state index contributed by atoms with van der Waals surface area (Å²) in [6, 6.07) is 23.7. The van der Waals surface area contributed by atoms with E-state index in [0.29, 0.717) is 31.0 Å². The first-order valence-corrected chi connectivity index (χ1v) is 15.0. The third-order valence-electron chi connectivity index (χ3n) is 6.03. The van der Waals surface area contributed by atoms with E-state index < -0.39 is 11.9 Å². The van der Waals surface area contributed by atoms with E-state index in [1.165, 1.54) is 19.4 Å². The third-order valence-corrected chi connectivity index (χ3v) is 7.99. The Morgan fingerprint density at radius 3 is 2.56 bits per heavy atom. The lowest BCUT2D eigenvalue weighted by molar-refractivity contribution is 0.0729. The van der Waals surface area contributed by atoms with Crippen LogP contribution in [0.3, 0.4) is 0 Å². The van der Waals surface area contributed by atoms with Crippen molar-refractivity contribution in [2.45, 2.75) is 0 Å². The van der Waals surface area contributed by atoms with Crippen LogP contribution in [0.4, 0.5) is 0 Å². The number of nitrogens with zero attached hydrogens (tertiary/aromatic N) is 1. The van der Waals surface area contributed by atoms with Crippen LogP contribution in [0, 0.1) is 3.57 Å². The van der Waals surface area contributed by atoms with Gasteiger partial charge in [-0.3, -0.25) is 4.79 Å². The van der Waals surface area contributed by atoms with Gasteiger partial charge in [0, 0.05) is 35.1 Å². The van der Waals surface area contributed by atoms with Crippen molar-refractivity contribution in [3.63, 3.8) is 0 Å². The van der Waals surface area contributed by atoms with Gasteiger partial charge in [0.05, 0.1) is 17.8 Å². The number of methoxy groups -OCH3 is 1. The Hall–Kier alpha value is -3.19. The van der Waals surface area contributed by atoms with Crippen molar-refractivity contribution in [1.29, 1.82) is 0 Å². The molecule has 0 unspecified atom stereocenters. The standard InChI is InChI=1S/C30H19Br2ClIN3O4/c1-40-25-10-7-19(33)13-22(25)30(39)41-28-17(11-18(31)12-23(28)32)15-35-37-29(38)27-26(16-5-3-2-4-6-16)21-14-20(34)8-9-24(21)36-27/h2-15,36H,1H3,(H,37,38). The van der Waals surface area contributed by atoms with Crippen LogP contribution in [0.1, 0.15) is 26.4 Å². The molecule has 0 aliphatic rings. The largest absolute Gasteiger partial charge is 0.496 e. The van der Waals surface area contributed by atoms with Gasteiger partial charge in [0.15, 0.2) is 5.75 Å². The predicted molar refractivity (Wildman–Crippen MR) is 176 cm³/mol. The monoisotopic (exact) mass is 805 g/mol. The van der Waals surface area contributed by atoms with Gasteiger partial charge in [-0.05, 0) is 92.6 Å². The van der Waals surface area contributed by atoms with Crippen LogP contribution in [0.5, 0.6) is 11.5 Å². The summed E-state index contributed by atoms with van der Waals surface area (Å²) < 4.78 is 13.3. The number of carbonyl (C=O) groups is 2. The molecule has 206 valence electrons. The molecule has 11 heteroatoms. The zero-order valence-electron chi connectivity index (χ0n) is 21.2. The molecule has 41 heavy (non-hydrogen) atoms. The number of hydrogen-bond donors (Lipinski definition) is 2. The molecule has 0 fully saturated rings. The van der Waals surface area contributed by atoms with Gasteiger partial charge in [-0.2, -0.15) is 5.10 Å². The fraction of sp³-hybridized carbons (Fsp3) is 0.0333. The summed E-state index contributed by atoms with van der Waals surface area (Å²) in [5, 5.41) is 5.48. The zero-order valence-corrected chi connectivity index (χ0v) is 27.3. The van der Waals surface area contributed by atoms with Crippen LogP contribution >= 0.6 is 66.1 Å². The normalized spacial score (nSPS) is 11.1. The Bertz CT molecular complexity index is 1830. The van der Waals surface area contributed by atoms with Gasteiger partial charge < -0.3 is 14.5 Å². The molecule has 4 aromatic carbocycles. The minimum Gasteiger partial charge on any atom is -0.496 e. The van der Waals surface area contributed by atoms with Crippen molar-refractivity contribution in [3.05, 3.63) is 113 Å². The van der Waals surface area contributed by atoms with Crippen LogP contribution < -0.4 is 14.9 Å². The molecule has 7 nitrogen and oxygen atoms in total. The molecule has 0 aliphatic heterocycles. The molecular weight excluding hydrogens is 789 g/mol. The summed E-state index contributed by atoms with van der Waals surface area (Å²) in [4.78, 5) is 29.7. The maximum Gasteiger partial charge on any atom is 0.347 e. The second kappa shape index (κ2) is 12.8. The number of carbonyl (C=O) groups excluding carboxylic acids is 2. The average molecular weight is 808 g/mol. The van der Waals surface area contributed by atoms with Gasteiger partial charge in [-0.1, -0.05) is 57.9 Å². The number of ether oxygens (including phenoxy) is 2. The average Bonchev–Trinajstić information content (AvgIpc) is 3.33. The van der Waals surface area contributed by atoms with Gasteiger partial charge in [-0.15, -0.1) is 0 Å². The lowest BCUT2D eigenvalue weighted by atomic mass is 10.0. The highest BCUT2D eigenvalue weighted by Gasteiger charge is 2.21. The Morgan fingerprint density at radius 1 is 1.02 bits per heavy atom. The highest BCUT2D eigenvalue weighted by Crippen LogP contribution is 2.35. The Kier molecular flexibility index (Phi) is 9.12. The second-order valence-corrected chi connectivity index (χ2v) is 12.1. The van der Waals surface area contributed by atoms with Gasteiger partial charge in [-0.25, -0.2) is 10.2 Å². The van der Waals surface area contributed by atoms with E-state index in [1.807, 2.05) is 48.5 Å². The summed E-state index contributed by atoms with van der Waals surface area (Å²) in [5.41, 5.74) is 6.07. The molecule has 0 saturated heterocycles. The lowest BCUT2D eigenvalue weighted by Crippen LogP contribution is -2.19. The molecular formula is C30H19Br2ClIN3O4. The van der Waals surface area contributed by atoms with E-state index in [9.17, 15) is 9.59 Å². The summed E-state index contributed by atoms with van der Waals surface area (Å²) in [6.07, 6.45) is 1.40. The van der Waals surface area contributed by atoms with Gasteiger partial charge >= 0.3 is 5.97 Å². The molecule has 5 rings (SSSR count). The predicted octanol–water partition coefficient (Wildman–Crippen LogP) is 8.61. The fourth-order valence-corrected chi connectivity index (χ4v) is 6.23. The number of aromatic nitrogens is 1. The molecule has 0 saturated carbocycles. The van der Waals surface area contributed by atoms with Crippen LogP contribution in [0.2, 0.25) is 5.02 Å². The summed E-state index contributed by atoms with van der Waals surface area (Å²) in [6.45, 7) is 0. The van der Waals surface area contributed by atoms with Gasteiger partial charge in [0.2, 0.25) is 0 Å². The van der Waals surface area contributed by atoms with E-state index in [2.05, 4.69) is 70.0 Å². The van der Waals surface area contributed by atoms with Crippen molar-refractivity contribution in [2.75, 3.05) is 7.11 Å². The summed E-state index contributed by atoms with van der Waals surface area (Å²) >= 11 is 15.2. The highest BCUT2D eigenvalue weighted by atomic mass is 127. The maximum absolute atomic E-state index is 13.4. The molecule has 0 bridgehead atoms. The summed E-state index contributed by atoms with van der Waals surface area (Å²) in [5.74, 6) is -0.588. The van der Waals surface area contributed by atoms with Crippen LogP contribution in [-0.2, 0) is 0 Å². The number of aromatic amines is 1. The molecule has 0 aliphatic carbocycles. The van der Waals surface area contributed by atoms with Crippen molar-refractivity contribution in [1.82, 2.24) is 10.4 Å². The number of fused-ring (bicyclic) bond motifs is 1. The highest BCUT2D eigenvalue weighted by molar-refractivity contribution is 14.1. The van der Waals surface area contributed by atoms with Crippen molar-refractivity contribution >= 4 is 95.0 Å². The van der Waals surface area contributed by atoms with E-state index >= 15 is 0 Å². The maximum atomic E-state index is 13.4. The number of halogens is 4. The number of amides is 1. The number of benzene rings is 4. The quantitative estimate of drug-likeness (QED) is 0.0567. The first kappa shape index (κ1) is 29.3. The fourth-order valence-electron chi connectivity index (χ4n) is 4.23. The second-order valence-electron chi connectivity index (χ2n) is 8.67. The number of nitrogens with one attached hydrogen (secondary N) is 2. The molecule has 5 aromatic rings. The third kappa shape index (κ3) is 6.50. The molecule has 1 aromatic heterocycles. The number of hydrazone groups is 1. The Balaban J connectivity index is 1.45. The number of esters is 1. The minimum absolute atomic E-state index is 0.160. The Morgan fingerprint density at radius 2 is 1.80 bits per heavy atom. The van der Waals surface area contributed by atoms with E-state index in [4.69, 9.17) is 21.1 Å². The topological polar surface area (TPSA) is 92.8 Å². The van der Waals surface area contributed by atoms with Gasteiger partial charge in [0.1, 0.15) is 17.0 Å². The van der Waals surface area contributed by atoms with Crippen LogP contribution in [0.25, 0.3) is 22.0 Å². The molecule has 0 spiro atoms. The zero-order chi connectivity index (χ0) is 29.1. The first-order valence-electron chi connectivity index (χ1n) is 12.0. The summed E-state index contributed by atoms with van der Waals surface area (Å²) in [7, 11) is 1.45. The molecule has 1 heterocycles. The minimum atomic E-state index is -0.675. The van der Waals surface area contributed by atoms with Crippen molar-refractivity contribution in [3.8, 4) is 22.6 Å². The van der Waals surface area contributed by atoms with E-state index in [-0.39, 0.29) is 11.3 Å².